The number of likely N-dealkylation sites (tertiary alicyclic amines) is 1. The summed E-state index contributed by atoms with van der Waals surface area (Å²) >= 11 is 1.31. The Hall–Kier alpha value is -2.42. The van der Waals surface area contributed by atoms with Crippen LogP contribution in [0.25, 0.3) is 0 Å². The maximum Gasteiger partial charge on any atom is 0.329 e. The van der Waals surface area contributed by atoms with Gasteiger partial charge in [-0.25, -0.2) is 9.59 Å². The second-order valence-electron chi connectivity index (χ2n) is 6.07. The monoisotopic (exact) mass is 381 g/mol. The highest BCUT2D eigenvalue weighted by Crippen LogP contribution is 2.23. The van der Waals surface area contributed by atoms with Crippen LogP contribution in [0.1, 0.15) is 42.8 Å². The number of amides is 4. The highest BCUT2D eigenvalue weighted by atomic mass is 32.1. The van der Waals surface area contributed by atoms with Crippen molar-refractivity contribution in [1.29, 1.82) is 0 Å². The molecule has 0 radical (unpaired) electrons. The van der Waals surface area contributed by atoms with Gasteiger partial charge in [-0.15, -0.1) is 11.3 Å². The molecule has 0 unspecified atom stereocenters. The molecule has 0 aromatic carbocycles. The molecule has 9 heteroatoms. The molecule has 1 aromatic rings. The predicted molar refractivity (Wildman–Crippen MR) is 95.8 cm³/mol. The number of thiophene rings is 1. The van der Waals surface area contributed by atoms with E-state index in [-0.39, 0.29) is 11.9 Å². The number of hydrogen-bond donors (Lipinski definition) is 2. The van der Waals surface area contributed by atoms with Gasteiger partial charge in [-0.3, -0.25) is 14.9 Å². The van der Waals surface area contributed by atoms with Gasteiger partial charge < -0.3 is 15.0 Å². The van der Waals surface area contributed by atoms with Crippen LogP contribution in [0.2, 0.25) is 0 Å². The predicted octanol–water partition coefficient (Wildman–Crippen LogP) is 1.52. The molecule has 0 spiro atoms. The lowest BCUT2D eigenvalue weighted by molar-refractivity contribution is -0.152. The SMILES string of the molecule is CC[C@@H](C)NC(=O)NC(=O)COC(=O)[C@@H]1CCCN1C(=O)c1cccs1. The summed E-state index contributed by atoms with van der Waals surface area (Å²) in [6.07, 6.45) is 1.92. The minimum atomic E-state index is -0.715. The lowest BCUT2D eigenvalue weighted by atomic mass is 10.2. The molecule has 4 amide bonds. The van der Waals surface area contributed by atoms with Crippen LogP contribution in [-0.2, 0) is 14.3 Å². The van der Waals surface area contributed by atoms with Crippen LogP contribution < -0.4 is 10.6 Å². The first-order valence-corrected chi connectivity index (χ1v) is 9.41. The van der Waals surface area contributed by atoms with E-state index < -0.39 is 30.6 Å². The first-order chi connectivity index (χ1) is 12.4. The smallest absolute Gasteiger partial charge is 0.329 e. The molecule has 142 valence electrons. The second-order valence-corrected chi connectivity index (χ2v) is 7.02. The molecule has 0 saturated carbocycles. The van der Waals surface area contributed by atoms with Crippen molar-refractivity contribution in [1.82, 2.24) is 15.5 Å². The summed E-state index contributed by atoms with van der Waals surface area (Å²) in [5, 5.41) is 6.48. The van der Waals surface area contributed by atoms with Crippen molar-refractivity contribution in [3.05, 3.63) is 22.4 Å². The second kappa shape index (κ2) is 9.33. The van der Waals surface area contributed by atoms with Crippen molar-refractivity contribution in [2.45, 2.75) is 45.2 Å². The third kappa shape index (κ3) is 5.29. The van der Waals surface area contributed by atoms with Crippen LogP contribution >= 0.6 is 11.3 Å². The number of nitrogens with zero attached hydrogens (tertiary/aromatic N) is 1. The fourth-order valence-electron chi connectivity index (χ4n) is 2.55. The average Bonchev–Trinajstić information content (AvgIpc) is 3.30. The highest BCUT2D eigenvalue weighted by molar-refractivity contribution is 7.12. The molecule has 2 rings (SSSR count). The Morgan fingerprint density at radius 2 is 2.15 bits per heavy atom. The summed E-state index contributed by atoms with van der Waals surface area (Å²) < 4.78 is 5.00. The number of nitrogens with one attached hydrogen (secondary N) is 2. The van der Waals surface area contributed by atoms with E-state index in [0.717, 1.165) is 6.42 Å². The molecule has 2 N–H and O–H groups in total. The molecule has 2 heterocycles. The van der Waals surface area contributed by atoms with Crippen molar-refractivity contribution in [3.63, 3.8) is 0 Å². The standard InChI is InChI=1S/C17H23N3O5S/c1-3-11(2)18-17(24)19-14(21)10-25-16(23)12-6-4-8-20(12)15(22)13-7-5-9-26-13/h5,7,9,11-12H,3-4,6,8,10H2,1-2H3,(H2,18,19,21,24)/t11-,12+/m1/s1. The molecule has 1 fully saturated rings. The molecule has 0 aliphatic carbocycles. The Labute approximate surface area is 155 Å². The van der Waals surface area contributed by atoms with Gasteiger partial charge in [0, 0.05) is 12.6 Å². The molecule has 1 saturated heterocycles. The van der Waals surface area contributed by atoms with Gasteiger partial charge in [-0.1, -0.05) is 13.0 Å². The van der Waals surface area contributed by atoms with E-state index in [1.54, 1.807) is 17.5 Å². The summed E-state index contributed by atoms with van der Waals surface area (Å²) in [6.45, 7) is 3.62. The largest absolute Gasteiger partial charge is 0.454 e. The number of carbonyl (C=O) groups excluding carboxylic acids is 4. The molecule has 2 atom stereocenters. The van der Waals surface area contributed by atoms with E-state index in [1.807, 2.05) is 13.8 Å². The maximum absolute atomic E-state index is 12.4. The molecular weight excluding hydrogens is 358 g/mol. The maximum atomic E-state index is 12.4. The number of imide groups is 1. The zero-order valence-corrected chi connectivity index (χ0v) is 15.6. The van der Waals surface area contributed by atoms with Gasteiger partial charge in [0.25, 0.3) is 11.8 Å². The van der Waals surface area contributed by atoms with Gasteiger partial charge in [0.05, 0.1) is 4.88 Å². The number of rotatable bonds is 6. The fraction of sp³-hybridized carbons (Fsp3) is 0.529. The van der Waals surface area contributed by atoms with Gasteiger partial charge in [-0.05, 0) is 37.6 Å². The lowest BCUT2D eigenvalue weighted by Crippen LogP contribution is -2.46. The normalized spacial score (nSPS) is 17.5. The van der Waals surface area contributed by atoms with Gasteiger partial charge in [-0.2, -0.15) is 0 Å². The van der Waals surface area contributed by atoms with Crippen molar-refractivity contribution >= 4 is 35.2 Å². The lowest BCUT2D eigenvalue weighted by Gasteiger charge is -2.22. The molecular formula is C17H23N3O5S. The van der Waals surface area contributed by atoms with Crippen molar-refractivity contribution in [2.24, 2.45) is 0 Å². The van der Waals surface area contributed by atoms with Crippen LogP contribution in [0.15, 0.2) is 17.5 Å². The fourth-order valence-corrected chi connectivity index (χ4v) is 3.23. The molecule has 26 heavy (non-hydrogen) atoms. The number of ether oxygens (including phenoxy) is 1. The van der Waals surface area contributed by atoms with E-state index in [2.05, 4.69) is 10.6 Å². The summed E-state index contributed by atoms with van der Waals surface area (Å²) in [5.74, 6) is -1.56. The quantitative estimate of drug-likeness (QED) is 0.727. The van der Waals surface area contributed by atoms with Crippen molar-refractivity contribution in [3.8, 4) is 0 Å². The van der Waals surface area contributed by atoms with E-state index in [9.17, 15) is 19.2 Å². The number of urea groups is 1. The summed E-state index contributed by atoms with van der Waals surface area (Å²) in [5.41, 5.74) is 0. The first-order valence-electron chi connectivity index (χ1n) is 8.53. The third-order valence-electron chi connectivity index (χ3n) is 4.11. The van der Waals surface area contributed by atoms with E-state index in [0.29, 0.717) is 24.3 Å². The Morgan fingerprint density at radius 1 is 1.38 bits per heavy atom. The van der Waals surface area contributed by atoms with E-state index in [4.69, 9.17) is 4.74 Å². The van der Waals surface area contributed by atoms with Crippen LogP contribution in [0.5, 0.6) is 0 Å². The highest BCUT2D eigenvalue weighted by Gasteiger charge is 2.36. The molecule has 8 nitrogen and oxygen atoms in total. The van der Waals surface area contributed by atoms with Crippen LogP contribution in [0, 0.1) is 0 Å². The average molecular weight is 381 g/mol. The Kier molecular flexibility index (Phi) is 7.14. The molecule has 0 bridgehead atoms. The van der Waals surface area contributed by atoms with Crippen molar-refractivity contribution in [2.75, 3.05) is 13.2 Å². The minimum Gasteiger partial charge on any atom is -0.454 e. The Morgan fingerprint density at radius 3 is 2.81 bits per heavy atom. The zero-order chi connectivity index (χ0) is 19.1. The van der Waals surface area contributed by atoms with Gasteiger partial charge in [0.1, 0.15) is 6.04 Å². The Bertz CT molecular complexity index is 661. The van der Waals surface area contributed by atoms with Gasteiger partial charge in [0.15, 0.2) is 6.61 Å². The van der Waals surface area contributed by atoms with E-state index >= 15 is 0 Å². The Balaban J connectivity index is 1.82. The summed E-state index contributed by atoms with van der Waals surface area (Å²) in [6, 6.07) is 2.08. The third-order valence-corrected chi connectivity index (χ3v) is 4.96. The number of carbonyl (C=O) groups is 4. The van der Waals surface area contributed by atoms with Gasteiger partial charge in [0.2, 0.25) is 0 Å². The molecule has 1 aliphatic rings. The number of esters is 1. The van der Waals surface area contributed by atoms with Crippen LogP contribution in [-0.4, -0.2) is 54.0 Å². The molecule has 1 aromatic heterocycles. The number of hydrogen-bond acceptors (Lipinski definition) is 6. The zero-order valence-electron chi connectivity index (χ0n) is 14.8. The van der Waals surface area contributed by atoms with Crippen LogP contribution in [0.4, 0.5) is 4.79 Å². The van der Waals surface area contributed by atoms with E-state index in [1.165, 1.54) is 16.2 Å². The minimum absolute atomic E-state index is 0.0688. The molecule has 1 aliphatic heterocycles. The topological polar surface area (TPSA) is 105 Å². The summed E-state index contributed by atoms with van der Waals surface area (Å²) in [4.78, 5) is 50.0. The van der Waals surface area contributed by atoms with Gasteiger partial charge >= 0.3 is 12.0 Å². The van der Waals surface area contributed by atoms with Crippen molar-refractivity contribution < 1.29 is 23.9 Å². The first kappa shape index (κ1) is 19.9. The van der Waals surface area contributed by atoms with Crippen LogP contribution in [0.3, 0.4) is 0 Å². The summed E-state index contributed by atoms with van der Waals surface area (Å²) in [7, 11) is 0.